The fraction of sp³-hybridized carbons (Fsp3) is 0.194. The van der Waals surface area contributed by atoms with Gasteiger partial charge in [0, 0.05) is 24.5 Å². The van der Waals surface area contributed by atoms with Gasteiger partial charge in [-0.2, -0.15) is 0 Å². The van der Waals surface area contributed by atoms with Crippen LogP contribution in [-0.2, 0) is 12.8 Å². The first kappa shape index (κ1) is 22.7. The van der Waals surface area contributed by atoms with Gasteiger partial charge in [0.1, 0.15) is 0 Å². The van der Waals surface area contributed by atoms with Gasteiger partial charge < -0.3 is 0 Å². The van der Waals surface area contributed by atoms with E-state index in [1.807, 2.05) is 30.3 Å². The molecule has 4 aromatic rings. The van der Waals surface area contributed by atoms with Crippen LogP contribution in [0.3, 0.4) is 0 Å². The normalized spacial score (nSPS) is 15.5. The average Bonchev–Trinajstić information content (AvgIpc) is 2.91. The summed E-state index contributed by atoms with van der Waals surface area (Å²) in [5, 5.41) is 13.8. The maximum atomic E-state index is 11.0. The summed E-state index contributed by atoms with van der Waals surface area (Å²) in [5.74, 6) is 0.557. The zero-order valence-corrected chi connectivity index (χ0v) is 19.9. The Morgan fingerprint density at radius 2 is 1.69 bits per heavy atom. The number of aromatic nitrogens is 1. The highest BCUT2D eigenvalue weighted by Crippen LogP contribution is 2.30. The molecule has 0 amide bonds. The van der Waals surface area contributed by atoms with Gasteiger partial charge in [0.2, 0.25) is 0 Å². The summed E-state index contributed by atoms with van der Waals surface area (Å²) in [6, 6.07) is 26.1. The number of nitrogens with zero attached hydrogens (tertiary/aromatic N) is 2. The number of pyridine rings is 1. The van der Waals surface area contributed by atoms with Crippen molar-refractivity contribution in [3.8, 4) is 11.1 Å². The molecule has 1 heterocycles. The molecule has 2 aliphatic carbocycles. The fourth-order valence-corrected chi connectivity index (χ4v) is 5.20. The molecule has 0 N–H and O–H groups in total. The quantitative estimate of drug-likeness (QED) is 0.280. The van der Waals surface area contributed by atoms with Crippen molar-refractivity contribution in [3.63, 3.8) is 0 Å². The van der Waals surface area contributed by atoms with Crippen molar-refractivity contribution in [3.05, 3.63) is 128 Å². The van der Waals surface area contributed by atoms with Crippen LogP contribution in [0.25, 0.3) is 22.8 Å². The first-order chi connectivity index (χ1) is 17.1. The Kier molecular flexibility index (Phi) is 6.53. The molecule has 35 heavy (non-hydrogen) atoms. The second-order valence-corrected chi connectivity index (χ2v) is 9.22. The maximum Gasteiger partial charge on any atom is 0.269 e. The average molecular weight is 461 g/mol. The molecule has 1 aromatic heterocycles. The summed E-state index contributed by atoms with van der Waals surface area (Å²) >= 11 is 0. The van der Waals surface area contributed by atoms with E-state index < -0.39 is 0 Å². The summed E-state index contributed by atoms with van der Waals surface area (Å²) in [4.78, 5) is 14.4. The number of hydrogen-bond donors (Lipinski definition) is 0. The van der Waals surface area contributed by atoms with E-state index in [9.17, 15) is 10.1 Å². The molecule has 4 nitrogen and oxygen atoms in total. The van der Waals surface area contributed by atoms with Crippen LogP contribution in [0.2, 0.25) is 0 Å². The Labute approximate surface area is 205 Å². The summed E-state index contributed by atoms with van der Waals surface area (Å²) in [6.45, 7) is 2.32. The molecule has 0 radical (unpaired) electrons. The van der Waals surface area contributed by atoms with Gasteiger partial charge in [-0.1, -0.05) is 73.2 Å². The van der Waals surface area contributed by atoms with Gasteiger partial charge >= 0.3 is 0 Å². The van der Waals surface area contributed by atoms with Crippen LogP contribution in [0.15, 0.2) is 91.3 Å². The number of non-ortho nitro benzene ring substituents is 1. The third-order valence-electron chi connectivity index (χ3n) is 7.01. The number of benzene rings is 3. The maximum absolute atomic E-state index is 11.0. The largest absolute Gasteiger partial charge is 0.269 e. The van der Waals surface area contributed by atoms with Crippen molar-refractivity contribution >= 4 is 17.3 Å². The first-order valence-corrected chi connectivity index (χ1v) is 12.1. The predicted octanol–water partition coefficient (Wildman–Crippen LogP) is 5.97. The number of nitro benzene ring substituents is 1. The lowest BCUT2D eigenvalue weighted by Crippen LogP contribution is -2.37. The van der Waals surface area contributed by atoms with Gasteiger partial charge in [0.15, 0.2) is 0 Å². The zero-order valence-electron chi connectivity index (χ0n) is 19.9. The standard InChI is InChI=1S/C26H23NO2.C5H5N/c1-17-6-9-20(16-18-7-11-21(12-8-18)27(28)29)26-22(17)14-15-24-23-5-3-2-4-19(23)10-13-25(24)26;1-2-4-6-5-3-1/h2-5,7-8,11-15,17H,6,9-10,16H2,1H3;1-5H. The molecule has 0 aliphatic heterocycles. The SMILES string of the molecule is CC1CCC(Cc2ccc([N+](=O)[O-])cc2)=c2c1ccc1c2=CCc2ccccc2-1.c1ccncc1. The minimum atomic E-state index is -0.336. The van der Waals surface area contributed by atoms with Crippen molar-refractivity contribution in [2.75, 3.05) is 0 Å². The highest BCUT2D eigenvalue weighted by molar-refractivity contribution is 5.75. The Balaban J connectivity index is 0.000000371. The monoisotopic (exact) mass is 460 g/mol. The molecule has 1 atom stereocenters. The van der Waals surface area contributed by atoms with Crippen LogP contribution < -0.4 is 10.4 Å². The molecule has 6 rings (SSSR count). The van der Waals surface area contributed by atoms with E-state index in [1.54, 1.807) is 24.5 Å². The summed E-state index contributed by atoms with van der Waals surface area (Å²) in [5.41, 5.74) is 8.27. The van der Waals surface area contributed by atoms with E-state index in [-0.39, 0.29) is 10.6 Å². The van der Waals surface area contributed by atoms with E-state index in [0.29, 0.717) is 5.92 Å². The molecule has 0 fully saturated rings. The van der Waals surface area contributed by atoms with Gasteiger partial charge in [-0.15, -0.1) is 0 Å². The number of fused-ring (bicyclic) bond motifs is 5. The Morgan fingerprint density at radius 3 is 2.37 bits per heavy atom. The Bertz CT molecular complexity index is 1450. The second kappa shape index (κ2) is 10.1. The summed E-state index contributed by atoms with van der Waals surface area (Å²) < 4.78 is 0. The molecule has 1 unspecified atom stereocenters. The zero-order chi connectivity index (χ0) is 24.2. The van der Waals surface area contributed by atoms with Crippen molar-refractivity contribution in [2.24, 2.45) is 0 Å². The summed E-state index contributed by atoms with van der Waals surface area (Å²) in [6.07, 6.45) is 9.95. The highest BCUT2D eigenvalue weighted by atomic mass is 16.6. The van der Waals surface area contributed by atoms with Gasteiger partial charge in [-0.25, -0.2) is 0 Å². The molecule has 2 aliphatic rings. The van der Waals surface area contributed by atoms with Crippen LogP contribution in [0.5, 0.6) is 0 Å². The van der Waals surface area contributed by atoms with Crippen molar-refractivity contribution in [1.82, 2.24) is 4.98 Å². The van der Waals surface area contributed by atoms with Gasteiger partial charge in [-0.05, 0) is 82.0 Å². The van der Waals surface area contributed by atoms with E-state index in [4.69, 9.17) is 0 Å². The lowest BCUT2D eigenvalue weighted by Gasteiger charge is -2.25. The minimum absolute atomic E-state index is 0.152. The molecular weight excluding hydrogens is 432 g/mol. The molecule has 3 aromatic carbocycles. The molecule has 0 saturated heterocycles. The number of hydrogen-bond acceptors (Lipinski definition) is 3. The van der Waals surface area contributed by atoms with E-state index in [1.165, 1.54) is 38.3 Å². The molecular formula is C31H28N2O2. The van der Waals surface area contributed by atoms with Crippen LogP contribution in [0.4, 0.5) is 5.69 Å². The van der Waals surface area contributed by atoms with Crippen molar-refractivity contribution in [1.29, 1.82) is 0 Å². The Morgan fingerprint density at radius 1 is 0.914 bits per heavy atom. The van der Waals surface area contributed by atoms with E-state index >= 15 is 0 Å². The first-order valence-electron chi connectivity index (χ1n) is 12.1. The van der Waals surface area contributed by atoms with E-state index in [0.717, 1.165) is 31.2 Å². The molecule has 4 heteroatoms. The lowest BCUT2D eigenvalue weighted by atomic mass is 9.79. The lowest BCUT2D eigenvalue weighted by molar-refractivity contribution is -0.384. The van der Waals surface area contributed by atoms with Crippen LogP contribution in [0.1, 0.15) is 42.4 Å². The molecule has 174 valence electrons. The van der Waals surface area contributed by atoms with Gasteiger partial charge in [0.05, 0.1) is 4.92 Å². The smallest absolute Gasteiger partial charge is 0.265 e. The van der Waals surface area contributed by atoms with Crippen LogP contribution in [0, 0.1) is 10.1 Å². The van der Waals surface area contributed by atoms with Crippen molar-refractivity contribution in [2.45, 2.75) is 38.5 Å². The second-order valence-electron chi connectivity index (χ2n) is 9.22. The predicted molar refractivity (Wildman–Crippen MR) is 141 cm³/mol. The van der Waals surface area contributed by atoms with Crippen LogP contribution in [-0.4, -0.2) is 9.91 Å². The number of rotatable bonds is 3. The van der Waals surface area contributed by atoms with Crippen molar-refractivity contribution < 1.29 is 4.92 Å². The fourth-order valence-electron chi connectivity index (χ4n) is 5.20. The van der Waals surface area contributed by atoms with Gasteiger partial charge in [0.25, 0.3) is 5.69 Å². The van der Waals surface area contributed by atoms with Gasteiger partial charge in [-0.3, -0.25) is 15.1 Å². The molecule has 0 saturated carbocycles. The third kappa shape index (κ3) is 4.78. The number of nitro groups is 1. The molecule has 0 bridgehead atoms. The third-order valence-corrected chi connectivity index (χ3v) is 7.01. The molecule has 0 spiro atoms. The summed E-state index contributed by atoms with van der Waals surface area (Å²) in [7, 11) is 0. The highest BCUT2D eigenvalue weighted by Gasteiger charge is 2.21. The van der Waals surface area contributed by atoms with Crippen LogP contribution >= 0.6 is 0 Å². The topological polar surface area (TPSA) is 56.0 Å². The van der Waals surface area contributed by atoms with E-state index in [2.05, 4.69) is 54.4 Å². The Hall–Kier alpha value is -4.05. The minimum Gasteiger partial charge on any atom is -0.265 e.